The molecule has 0 radical (unpaired) electrons. The first-order valence-corrected chi connectivity index (χ1v) is 9.96. The first-order chi connectivity index (χ1) is 15.0. The minimum Gasteiger partial charge on any atom is -0.508 e. The number of fused-ring (bicyclic) bond motifs is 1. The number of amides is 1. The van der Waals surface area contributed by atoms with E-state index in [1.54, 1.807) is 18.2 Å². The van der Waals surface area contributed by atoms with Gasteiger partial charge in [0.15, 0.2) is 0 Å². The monoisotopic (exact) mass is 427 g/mol. The Bertz CT molecular complexity index is 1330. The van der Waals surface area contributed by atoms with Crippen molar-refractivity contribution in [2.45, 2.75) is 6.54 Å². The van der Waals surface area contributed by atoms with Crippen LogP contribution in [0.1, 0.15) is 11.1 Å². The Hall–Kier alpha value is -4.01. The Kier molecular flexibility index (Phi) is 5.74. The molecule has 6 heteroatoms. The number of nitriles is 1. The number of hydrogen-bond acceptors (Lipinski definition) is 3. The van der Waals surface area contributed by atoms with Gasteiger partial charge in [-0.1, -0.05) is 48.0 Å². The fourth-order valence-electron chi connectivity index (χ4n) is 3.38. The van der Waals surface area contributed by atoms with E-state index in [4.69, 9.17) is 11.6 Å². The number of carbonyl (C=O) groups is 1. The number of para-hydroxylation sites is 1. The molecule has 0 aliphatic rings. The molecule has 0 bridgehead atoms. The second-order valence-electron chi connectivity index (χ2n) is 6.99. The van der Waals surface area contributed by atoms with E-state index in [-0.39, 0.29) is 11.3 Å². The Morgan fingerprint density at radius 2 is 1.77 bits per heavy atom. The van der Waals surface area contributed by atoms with E-state index in [9.17, 15) is 15.2 Å². The van der Waals surface area contributed by atoms with Crippen LogP contribution in [0.3, 0.4) is 0 Å². The van der Waals surface area contributed by atoms with E-state index >= 15 is 0 Å². The highest BCUT2D eigenvalue weighted by atomic mass is 35.5. The quantitative estimate of drug-likeness (QED) is 0.247. The highest BCUT2D eigenvalue weighted by Gasteiger charge is 2.13. The van der Waals surface area contributed by atoms with Crippen LogP contribution in [0.2, 0.25) is 5.02 Å². The molecule has 152 valence electrons. The molecule has 0 aliphatic carbocycles. The molecule has 4 aromatic rings. The van der Waals surface area contributed by atoms with E-state index in [2.05, 4.69) is 9.88 Å². The van der Waals surface area contributed by atoms with Crippen molar-refractivity contribution in [3.63, 3.8) is 0 Å². The molecule has 1 aromatic heterocycles. The summed E-state index contributed by atoms with van der Waals surface area (Å²) in [6.07, 6.45) is 3.50. The normalized spacial score (nSPS) is 11.3. The molecule has 0 fully saturated rings. The number of phenolic OH excluding ortho intramolecular Hbond substituents is 1. The van der Waals surface area contributed by atoms with E-state index in [0.29, 0.717) is 17.3 Å². The van der Waals surface area contributed by atoms with E-state index in [1.807, 2.05) is 60.8 Å². The summed E-state index contributed by atoms with van der Waals surface area (Å²) in [6.45, 7) is 0.565. The van der Waals surface area contributed by atoms with Gasteiger partial charge in [-0.3, -0.25) is 4.79 Å². The lowest BCUT2D eigenvalue weighted by Gasteiger charge is -2.07. The van der Waals surface area contributed by atoms with Crippen molar-refractivity contribution >= 4 is 40.2 Å². The van der Waals surface area contributed by atoms with Gasteiger partial charge in [-0.25, -0.2) is 0 Å². The fraction of sp³-hybridized carbons (Fsp3) is 0.0400. The second-order valence-corrected chi connectivity index (χ2v) is 7.40. The number of nitrogens with zero attached hydrogens (tertiary/aromatic N) is 2. The third kappa shape index (κ3) is 4.45. The van der Waals surface area contributed by atoms with Crippen LogP contribution in [0.25, 0.3) is 17.0 Å². The Morgan fingerprint density at radius 1 is 1.06 bits per heavy atom. The number of aromatic nitrogens is 1. The first kappa shape index (κ1) is 20.3. The first-order valence-electron chi connectivity index (χ1n) is 9.58. The lowest BCUT2D eigenvalue weighted by Crippen LogP contribution is -2.13. The number of aromatic hydroxyl groups is 1. The Balaban J connectivity index is 1.68. The third-order valence-corrected chi connectivity index (χ3v) is 5.28. The van der Waals surface area contributed by atoms with Crippen molar-refractivity contribution in [1.82, 2.24) is 4.57 Å². The van der Waals surface area contributed by atoms with Gasteiger partial charge in [-0.05, 0) is 48.0 Å². The molecule has 31 heavy (non-hydrogen) atoms. The van der Waals surface area contributed by atoms with Gasteiger partial charge in [0.2, 0.25) is 0 Å². The number of anilines is 1. The van der Waals surface area contributed by atoms with Crippen molar-refractivity contribution in [2.24, 2.45) is 0 Å². The number of carbonyl (C=O) groups excluding carboxylic acids is 1. The van der Waals surface area contributed by atoms with Crippen LogP contribution in [-0.4, -0.2) is 15.6 Å². The zero-order valence-electron chi connectivity index (χ0n) is 16.4. The smallest absolute Gasteiger partial charge is 0.266 e. The molecule has 0 saturated carbocycles. The summed E-state index contributed by atoms with van der Waals surface area (Å²) >= 11 is 6.33. The number of halogens is 1. The van der Waals surface area contributed by atoms with E-state index in [0.717, 1.165) is 22.0 Å². The molecule has 5 nitrogen and oxygen atoms in total. The Morgan fingerprint density at radius 3 is 2.52 bits per heavy atom. The van der Waals surface area contributed by atoms with Crippen LogP contribution in [0.4, 0.5) is 5.69 Å². The largest absolute Gasteiger partial charge is 0.508 e. The molecule has 0 aliphatic heterocycles. The minimum atomic E-state index is -0.517. The van der Waals surface area contributed by atoms with Crippen LogP contribution in [0.5, 0.6) is 5.75 Å². The van der Waals surface area contributed by atoms with Gasteiger partial charge in [-0.2, -0.15) is 5.26 Å². The molecule has 0 spiro atoms. The van der Waals surface area contributed by atoms with E-state index < -0.39 is 5.91 Å². The molecule has 3 aromatic carbocycles. The van der Waals surface area contributed by atoms with Gasteiger partial charge in [-0.15, -0.1) is 0 Å². The lowest BCUT2D eigenvalue weighted by molar-refractivity contribution is -0.112. The summed E-state index contributed by atoms with van der Waals surface area (Å²) in [4.78, 5) is 12.6. The molecule has 0 saturated heterocycles. The summed E-state index contributed by atoms with van der Waals surface area (Å²) in [7, 11) is 0. The standard InChI is InChI=1S/C25H18ClN3O2/c26-23-7-3-1-5-17(23)15-29-16-19(22-6-2-4-8-24(22)29)13-18(14-27)25(31)28-20-9-11-21(30)12-10-20/h1-13,16,30H,15H2,(H,28,31)/b18-13+. The molecule has 4 rings (SSSR count). The number of rotatable bonds is 5. The van der Waals surface area contributed by atoms with Crippen LogP contribution in [-0.2, 0) is 11.3 Å². The predicted molar refractivity (Wildman–Crippen MR) is 123 cm³/mol. The lowest BCUT2D eigenvalue weighted by atomic mass is 10.1. The van der Waals surface area contributed by atoms with Crippen LogP contribution < -0.4 is 5.32 Å². The van der Waals surface area contributed by atoms with Crippen LogP contribution in [0, 0.1) is 11.3 Å². The average Bonchev–Trinajstić information content (AvgIpc) is 3.12. The van der Waals surface area contributed by atoms with Gasteiger partial charge in [0, 0.05) is 39.9 Å². The summed E-state index contributed by atoms with van der Waals surface area (Å²) in [5, 5.41) is 23.3. The zero-order chi connectivity index (χ0) is 21.8. The minimum absolute atomic E-state index is 0.0197. The predicted octanol–water partition coefficient (Wildman–Crippen LogP) is 5.59. The number of phenols is 1. The number of benzene rings is 3. The fourth-order valence-corrected chi connectivity index (χ4v) is 3.57. The van der Waals surface area contributed by atoms with Gasteiger partial charge in [0.25, 0.3) is 5.91 Å². The molecular formula is C25H18ClN3O2. The molecule has 1 amide bonds. The maximum Gasteiger partial charge on any atom is 0.266 e. The zero-order valence-corrected chi connectivity index (χ0v) is 17.2. The topological polar surface area (TPSA) is 78.0 Å². The van der Waals surface area contributed by atoms with Gasteiger partial charge in [0.05, 0.1) is 0 Å². The maximum absolute atomic E-state index is 12.6. The number of nitrogens with one attached hydrogen (secondary N) is 1. The van der Waals surface area contributed by atoms with Crippen molar-refractivity contribution in [3.8, 4) is 11.8 Å². The van der Waals surface area contributed by atoms with Gasteiger partial charge in [0.1, 0.15) is 17.4 Å². The second kappa shape index (κ2) is 8.78. The maximum atomic E-state index is 12.6. The summed E-state index contributed by atoms with van der Waals surface area (Å²) in [5.41, 5.74) is 3.19. The molecule has 1 heterocycles. The Labute approximate surface area is 184 Å². The van der Waals surface area contributed by atoms with E-state index in [1.165, 1.54) is 12.1 Å². The summed E-state index contributed by atoms with van der Waals surface area (Å²) in [5.74, 6) is -0.420. The summed E-state index contributed by atoms with van der Waals surface area (Å²) in [6, 6.07) is 23.5. The highest BCUT2D eigenvalue weighted by Crippen LogP contribution is 2.26. The van der Waals surface area contributed by atoms with Crippen molar-refractivity contribution in [1.29, 1.82) is 5.26 Å². The number of hydrogen-bond donors (Lipinski definition) is 2. The highest BCUT2D eigenvalue weighted by molar-refractivity contribution is 6.31. The van der Waals surface area contributed by atoms with Crippen LogP contribution >= 0.6 is 11.6 Å². The van der Waals surface area contributed by atoms with Gasteiger partial charge < -0.3 is 15.0 Å². The molecule has 2 N–H and O–H groups in total. The SMILES string of the molecule is N#C/C(=C\c1cn(Cc2ccccc2Cl)c2ccccc12)C(=O)Nc1ccc(O)cc1. The average molecular weight is 428 g/mol. The molecule has 0 unspecified atom stereocenters. The van der Waals surface area contributed by atoms with Crippen molar-refractivity contribution in [2.75, 3.05) is 5.32 Å². The van der Waals surface area contributed by atoms with Gasteiger partial charge >= 0.3 is 0 Å². The summed E-state index contributed by atoms with van der Waals surface area (Å²) < 4.78 is 2.05. The third-order valence-electron chi connectivity index (χ3n) is 4.91. The van der Waals surface area contributed by atoms with Crippen molar-refractivity contribution in [3.05, 3.63) is 101 Å². The van der Waals surface area contributed by atoms with Crippen molar-refractivity contribution < 1.29 is 9.90 Å². The van der Waals surface area contributed by atoms with Crippen LogP contribution in [0.15, 0.2) is 84.6 Å². The molecular weight excluding hydrogens is 410 g/mol. The molecule has 0 atom stereocenters.